The molecule has 2 aliphatic carbocycles. The van der Waals surface area contributed by atoms with Crippen LogP contribution in [0.2, 0.25) is 0 Å². The molecule has 130 valence electrons. The van der Waals surface area contributed by atoms with E-state index in [1.54, 1.807) is 13.3 Å². The molecule has 25 heavy (non-hydrogen) atoms. The molecule has 0 unspecified atom stereocenters. The van der Waals surface area contributed by atoms with Gasteiger partial charge in [-0.25, -0.2) is 0 Å². The average Bonchev–Trinajstić information content (AvgIpc) is 3.47. The highest BCUT2D eigenvalue weighted by Gasteiger charge is 2.44. The molecule has 3 atom stereocenters. The number of rotatable bonds is 5. The van der Waals surface area contributed by atoms with E-state index in [1.807, 2.05) is 18.3 Å². The number of hydrogen-bond acceptors (Lipinski definition) is 3. The van der Waals surface area contributed by atoms with Crippen molar-refractivity contribution in [3.05, 3.63) is 59.4 Å². The first-order valence-electron chi connectivity index (χ1n) is 9.10. The lowest BCUT2D eigenvalue weighted by Crippen LogP contribution is -2.31. The van der Waals surface area contributed by atoms with Gasteiger partial charge in [0.2, 0.25) is 5.91 Å². The standard InChI is InChI=1S/C21H24N2O2/c1-25-17-7-8-18-14(10-17)4-2-5-16(18)13-23-21(24)20-11-19(20)15-6-3-9-22-12-15/h3,6-10,12,16,19-20H,2,4-5,11,13H2,1H3,(H,23,24)/t16-,19+,20-/m1/s1. The minimum Gasteiger partial charge on any atom is -0.497 e. The van der Waals surface area contributed by atoms with Gasteiger partial charge in [-0.1, -0.05) is 12.1 Å². The number of fused-ring (bicyclic) bond motifs is 1. The fourth-order valence-corrected chi connectivity index (χ4v) is 4.03. The Bertz CT molecular complexity index is 760. The third-order valence-corrected chi connectivity index (χ3v) is 5.55. The molecule has 1 amide bonds. The summed E-state index contributed by atoms with van der Waals surface area (Å²) >= 11 is 0. The van der Waals surface area contributed by atoms with Crippen molar-refractivity contribution in [1.82, 2.24) is 10.3 Å². The zero-order valence-electron chi connectivity index (χ0n) is 14.6. The summed E-state index contributed by atoms with van der Waals surface area (Å²) in [5.74, 6) is 1.98. The summed E-state index contributed by atoms with van der Waals surface area (Å²) in [7, 11) is 1.70. The second-order valence-electron chi connectivity index (χ2n) is 7.13. The Labute approximate surface area is 148 Å². The molecule has 1 aromatic carbocycles. The van der Waals surface area contributed by atoms with Crippen molar-refractivity contribution in [2.24, 2.45) is 5.92 Å². The molecular weight excluding hydrogens is 312 g/mol. The van der Waals surface area contributed by atoms with Gasteiger partial charge in [0.1, 0.15) is 5.75 Å². The van der Waals surface area contributed by atoms with Crippen LogP contribution < -0.4 is 10.1 Å². The minimum absolute atomic E-state index is 0.114. The maximum atomic E-state index is 12.5. The van der Waals surface area contributed by atoms with Crippen LogP contribution in [0, 0.1) is 5.92 Å². The Hall–Kier alpha value is -2.36. The van der Waals surface area contributed by atoms with Crippen LogP contribution in [0.15, 0.2) is 42.7 Å². The summed E-state index contributed by atoms with van der Waals surface area (Å²) < 4.78 is 5.33. The van der Waals surface area contributed by atoms with E-state index >= 15 is 0 Å². The summed E-state index contributed by atoms with van der Waals surface area (Å²) in [6.07, 6.45) is 8.00. The van der Waals surface area contributed by atoms with E-state index < -0.39 is 0 Å². The van der Waals surface area contributed by atoms with Crippen LogP contribution in [0.4, 0.5) is 0 Å². The van der Waals surface area contributed by atoms with Gasteiger partial charge in [0.15, 0.2) is 0 Å². The van der Waals surface area contributed by atoms with Crippen LogP contribution in [-0.4, -0.2) is 24.5 Å². The molecule has 0 bridgehead atoms. The summed E-state index contributed by atoms with van der Waals surface area (Å²) in [6, 6.07) is 10.3. The molecule has 2 aromatic rings. The number of nitrogens with zero attached hydrogens (tertiary/aromatic N) is 1. The van der Waals surface area contributed by atoms with Crippen LogP contribution in [0.25, 0.3) is 0 Å². The van der Waals surface area contributed by atoms with Crippen molar-refractivity contribution in [3.63, 3.8) is 0 Å². The number of aryl methyl sites for hydroxylation is 1. The van der Waals surface area contributed by atoms with E-state index in [0.29, 0.717) is 11.8 Å². The first-order valence-corrected chi connectivity index (χ1v) is 9.10. The largest absolute Gasteiger partial charge is 0.497 e. The Morgan fingerprint density at radius 1 is 1.36 bits per heavy atom. The number of benzene rings is 1. The molecule has 4 heteroatoms. The molecule has 2 aliphatic rings. The SMILES string of the molecule is COc1ccc2c(c1)CCC[C@@H]2CNC(=O)[C@@H]1C[C@H]1c1cccnc1. The Kier molecular flexibility index (Phi) is 4.43. The van der Waals surface area contributed by atoms with Gasteiger partial charge in [0, 0.05) is 30.8 Å². The Morgan fingerprint density at radius 2 is 2.28 bits per heavy atom. The molecule has 0 spiro atoms. The van der Waals surface area contributed by atoms with Crippen molar-refractivity contribution in [1.29, 1.82) is 0 Å². The van der Waals surface area contributed by atoms with Gasteiger partial charge in [-0.2, -0.15) is 0 Å². The zero-order valence-corrected chi connectivity index (χ0v) is 14.6. The molecule has 4 nitrogen and oxygen atoms in total. The van der Waals surface area contributed by atoms with E-state index in [1.165, 1.54) is 23.1 Å². The molecule has 1 fully saturated rings. The summed E-state index contributed by atoms with van der Waals surface area (Å²) in [5, 5.41) is 3.19. The van der Waals surface area contributed by atoms with Crippen LogP contribution in [0.3, 0.4) is 0 Å². The fraction of sp³-hybridized carbons (Fsp3) is 0.429. The normalized spacial score (nSPS) is 24.3. The first kappa shape index (κ1) is 16.1. The highest BCUT2D eigenvalue weighted by molar-refractivity contribution is 5.82. The maximum absolute atomic E-state index is 12.5. The highest BCUT2D eigenvalue weighted by Crippen LogP contribution is 2.47. The number of carbonyl (C=O) groups excluding carboxylic acids is 1. The molecule has 4 rings (SSSR count). The van der Waals surface area contributed by atoms with Crippen molar-refractivity contribution in [3.8, 4) is 5.75 Å². The number of aromatic nitrogens is 1. The number of methoxy groups -OCH3 is 1. The van der Waals surface area contributed by atoms with Gasteiger partial charge in [0.05, 0.1) is 7.11 Å². The van der Waals surface area contributed by atoms with Crippen LogP contribution in [0.1, 0.15) is 47.8 Å². The van der Waals surface area contributed by atoms with Crippen molar-refractivity contribution in [2.75, 3.05) is 13.7 Å². The number of carbonyl (C=O) groups is 1. The van der Waals surface area contributed by atoms with Crippen molar-refractivity contribution >= 4 is 5.91 Å². The molecule has 0 radical (unpaired) electrons. The van der Waals surface area contributed by atoms with Gasteiger partial charge in [-0.3, -0.25) is 9.78 Å². The number of nitrogens with one attached hydrogen (secondary N) is 1. The van der Waals surface area contributed by atoms with Gasteiger partial charge in [-0.05, 0) is 66.5 Å². The van der Waals surface area contributed by atoms with Crippen LogP contribution in [0.5, 0.6) is 5.75 Å². The summed E-state index contributed by atoms with van der Waals surface area (Å²) in [5.41, 5.74) is 3.91. The summed E-state index contributed by atoms with van der Waals surface area (Å²) in [6.45, 7) is 0.731. The predicted molar refractivity (Wildman–Crippen MR) is 96.8 cm³/mol. The molecule has 0 aliphatic heterocycles. The number of pyridine rings is 1. The average molecular weight is 336 g/mol. The second-order valence-corrected chi connectivity index (χ2v) is 7.13. The topological polar surface area (TPSA) is 51.2 Å². The van der Waals surface area contributed by atoms with E-state index in [4.69, 9.17) is 4.74 Å². The smallest absolute Gasteiger partial charge is 0.223 e. The molecule has 1 saturated carbocycles. The summed E-state index contributed by atoms with van der Waals surface area (Å²) in [4.78, 5) is 16.6. The molecule has 0 saturated heterocycles. The van der Waals surface area contributed by atoms with Crippen LogP contribution in [-0.2, 0) is 11.2 Å². The van der Waals surface area contributed by atoms with Gasteiger partial charge in [-0.15, -0.1) is 0 Å². The quantitative estimate of drug-likeness (QED) is 0.910. The fourth-order valence-electron chi connectivity index (χ4n) is 4.03. The molecule has 1 heterocycles. The Balaban J connectivity index is 1.36. The number of hydrogen-bond donors (Lipinski definition) is 1. The number of ether oxygens (including phenoxy) is 1. The molecule has 1 N–H and O–H groups in total. The first-order chi connectivity index (χ1) is 12.3. The Morgan fingerprint density at radius 3 is 3.08 bits per heavy atom. The lowest BCUT2D eigenvalue weighted by atomic mass is 9.82. The monoisotopic (exact) mass is 336 g/mol. The lowest BCUT2D eigenvalue weighted by Gasteiger charge is -2.26. The predicted octanol–water partition coefficient (Wildman–Crippen LogP) is 3.43. The zero-order chi connectivity index (χ0) is 17.2. The van der Waals surface area contributed by atoms with Crippen LogP contribution >= 0.6 is 0 Å². The molecular formula is C21H24N2O2. The maximum Gasteiger partial charge on any atom is 0.223 e. The van der Waals surface area contributed by atoms with Gasteiger partial charge in [0.25, 0.3) is 0 Å². The molecule has 1 aromatic heterocycles. The van der Waals surface area contributed by atoms with E-state index in [-0.39, 0.29) is 11.8 Å². The van der Waals surface area contributed by atoms with Crippen molar-refractivity contribution in [2.45, 2.75) is 37.5 Å². The van der Waals surface area contributed by atoms with E-state index in [0.717, 1.165) is 31.6 Å². The third-order valence-electron chi connectivity index (χ3n) is 5.55. The number of amides is 1. The van der Waals surface area contributed by atoms with E-state index in [2.05, 4.69) is 28.5 Å². The minimum atomic E-state index is 0.114. The van der Waals surface area contributed by atoms with Crippen molar-refractivity contribution < 1.29 is 9.53 Å². The van der Waals surface area contributed by atoms with Gasteiger partial charge >= 0.3 is 0 Å². The highest BCUT2D eigenvalue weighted by atomic mass is 16.5. The second kappa shape index (κ2) is 6.87. The lowest BCUT2D eigenvalue weighted by molar-refractivity contribution is -0.122. The van der Waals surface area contributed by atoms with E-state index in [9.17, 15) is 4.79 Å². The van der Waals surface area contributed by atoms with Gasteiger partial charge < -0.3 is 10.1 Å². The third kappa shape index (κ3) is 3.39.